The molecule has 0 aliphatic rings. The zero-order chi connectivity index (χ0) is 12.1. The summed E-state index contributed by atoms with van der Waals surface area (Å²) in [4.78, 5) is 0. The van der Waals surface area contributed by atoms with E-state index < -0.39 is 0 Å². The fourth-order valence-corrected chi connectivity index (χ4v) is 1.68. The van der Waals surface area contributed by atoms with Gasteiger partial charge in [0.15, 0.2) is 0 Å². The predicted molar refractivity (Wildman–Crippen MR) is 72.0 cm³/mol. The molecule has 0 amide bonds. The van der Waals surface area contributed by atoms with E-state index in [0.29, 0.717) is 5.75 Å². The van der Waals surface area contributed by atoms with Crippen molar-refractivity contribution in [3.8, 4) is 5.75 Å². The minimum Gasteiger partial charge on any atom is -0.508 e. The van der Waals surface area contributed by atoms with E-state index in [-0.39, 0.29) is 0 Å². The summed E-state index contributed by atoms with van der Waals surface area (Å²) in [5.74, 6) is 0.371. The smallest absolute Gasteiger partial charge is 0.118 e. The van der Waals surface area contributed by atoms with Crippen LogP contribution in [-0.4, -0.2) is 5.11 Å². The van der Waals surface area contributed by atoms with Gasteiger partial charge in [0.1, 0.15) is 5.75 Å². The van der Waals surface area contributed by atoms with Crippen LogP contribution >= 0.6 is 0 Å². The molecule has 0 aromatic heterocycles. The van der Waals surface area contributed by atoms with E-state index in [4.69, 9.17) is 0 Å². The highest BCUT2D eigenvalue weighted by atomic mass is 16.3. The Morgan fingerprint density at radius 3 is 2.53 bits per heavy atom. The average molecular weight is 224 g/mol. The van der Waals surface area contributed by atoms with Crippen LogP contribution in [0.5, 0.6) is 5.75 Å². The van der Waals surface area contributed by atoms with Gasteiger partial charge in [-0.25, -0.2) is 0 Å². The molecule has 1 N–H and O–H groups in total. The van der Waals surface area contributed by atoms with E-state index in [9.17, 15) is 5.11 Å². The predicted octanol–water partition coefficient (Wildman–Crippen LogP) is 3.96. The Kier molecular flexibility index (Phi) is 3.61. The normalized spacial score (nSPS) is 10.9. The van der Waals surface area contributed by atoms with Crippen LogP contribution in [0.15, 0.2) is 54.6 Å². The molecule has 0 saturated carbocycles. The Morgan fingerprint density at radius 1 is 1.06 bits per heavy atom. The van der Waals surface area contributed by atoms with Crippen molar-refractivity contribution in [3.63, 3.8) is 0 Å². The zero-order valence-corrected chi connectivity index (χ0v) is 9.93. The lowest BCUT2D eigenvalue weighted by Gasteiger charge is -2.01. The summed E-state index contributed by atoms with van der Waals surface area (Å²) < 4.78 is 0. The SMILES string of the molecule is Cc1ccc(C/C=C/c2ccccc2)cc1O. The number of aromatic hydroxyl groups is 1. The summed E-state index contributed by atoms with van der Waals surface area (Å²) in [6.45, 7) is 1.90. The van der Waals surface area contributed by atoms with E-state index in [0.717, 1.165) is 17.5 Å². The van der Waals surface area contributed by atoms with Gasteiger partial charge in [0.2, 0.25) is 0 Å². The third-order valence-electron chi connectivity index (χ3n) is 2.74. The van der Waals surface area contributed by atoms with Crippen LogP contribution in [0, 0.1) is 6.92 Å². The lowest BCUT2D eigenvalue weighted by atomic mass is 10.1. The Morgan fingerprint density at radius 2 is 1.82 bits per heavy atom. The van der Waals surface area contributed by atoms with E-state index in [1.165, 1.54) is 5.56 Å². The van der Waals surface area contributed by atoms with Crippen LogP contribution in [0.3, 0.4) is 0 Å². The van der Waals surface area contributed by atoms with Crippen LogP contribution < -0.4 is 0 Å². The monoisotopic (exact) mass is 224 g/mol. The molecule has 2 rings (SSSR count). The van der Waals surface area contributed by atoms with Crippen molar-refractivity contribution in [2.45, 2.75) is 13.3 Å². The van der Waals surface area contributed by atoms with Gasteiger partial charge in [0.05, 0.1) is 0 Å². The number of phenols is 1. The number of benzene rings is 2. The number of aryl methyl sites for hydroxylation is 1. The van der Waals surface area contributed by atoms with Gasteiger partial charge in [-0.2, -0.15) is 0 Å². The number of hydrogen-bond donors (Lipinski definition) is 1. The molecule has 0 bridgehead atoms. The van der Waals surface area contributed by atoms with Crippen molar-refractivity contribution in [1.29, 1.82) is 0 Å². The molecule has 0 fully saturated rings. The van der Waals surface area contributed by atoms with Crippen molar-refractivity contribution in [1.82, 2.24) is 0 Å². The second kappa shape index (κ2) is 5.35. The summed E-state index contributed by atoms with van der Waals surface area (Å²) >= 11 is 0. The fraction of sp³-hybridized carbons (Fsp3) is 0.125. The highest BCUT2D eigenvalue weighted by Gasteiger charge is 1.96. The Hall–Kier alpha value is -2.02. The number of hydrogen-bond acceptors (Lipinski definition) is 1. The van der Waals surface area contributed by atoms with E-state index in [1.807, 2.05) is 43.3 Å². The third-order valence-corrected chi connectivity index (χ3v) is 2.74. The molecule has 0 aliphatic heterocycles. The summed E-state index contributed by atoms with van der Waals surface area (Å²) in [5, 5.41) is 9.59. The summed E-state index contributed by atoms with van der Waals surface area (Å²) in [7, 11) is 0. The van der Waals surface area contributed by atoms with Crippen LogP contribution in [-0.2, 0) is 6.42 Å². The molecular formula is C16H16O. The van der Waals surface area contributed by atoms with Crippen molar-refractivity contribution in [3.05, 3.63) is 71.3 Å². The van der Waals surface area contributed by atoms with Gasteiger partial charge < -0.3 is 5.11 Å². The van der Waals surface area contributed by atoms with E-state index >= 15 is 0 Å². The first-order valence-corrected chi connectivity index (χ1v) is 5.76. The van der Waals surface area contributed by atoms with Gasteiger partial charge in [-0.05, 0) is 36.1 Å². The summed E-state index contributed by atoms with van der Waals surface area (Å²) in [6, 6.07) is 16.0. The first-order chi connectivity index (χ1) is 8.25. The van der Waals surface area contributed by atoms with Crippen LogP contribution in [0.25, 0.3) is 6.08 Å². The largest absolute Gasteiger partial charge is 0.508 e. The second-order valence-corrected chi connectivity index (χ2v) is 4.14. The Labute approximate surface area is 102 Å². The minimum atomic E-state index is 0.371. The molecule has 1 heteroatoms. The van der Waals surface area contributed by atoms with Crippen molar-refractivity contribution < 1.29 is 5.11 Å². The molecule has 0 heterocycles. The fourth-order valence-electron chi connectivity index (χ4n) is 1.68. The minimum absolute atomic E-state index is 0.371. The quantitative estimate of drug-likeness (QED) is 0.836. The average Bonchev–Trinajstić information content (AvgIpc) is 2.35. The Bertz CT molecular complexity index is 512. The van der Waals surface area contributed by atoms with Crippen LogP contribution in [0.2, 0.25) is 0 Å². The highest BCUT2D eigenvalue weighted by Crippen LogP contribution is 2.18. The zero-order valence-electron chi connectivity index (χ0n) is 9.93. The lowest BCUT2D eigenvalue weighted by Crippen LogP contribution is -1.82. The van der Waals surface area contributed by atoms with Crippen molar-refractivity contribution in [2.24, 2.45) is 0 Å². The molecule has 0 atom stereocenters. The topological polar surface area (TPSA) is 20.2 Å². The molecule has 0 radical (unpaired) electrons. The third kappa shape index (κ3) is 3.22. The molecular weight excluding hydrogens is 208 g/mol. The standard InChI is InChI=1S/C16H16O/c1-13-10-11-15(12-16(13)17)9-5-8-14-6-3-2-4-7-14/h2-8,10-12,17H,9H2,1H3/b8-5+. The van der Waals surface area contributed by atoms with Gasteiger partial charge in [-0.1, -0.05) is 54.6 Å². The van der Waals surface area contributed by atoms with Crippen molar-refractivity contribution >= 4 is 6.08 Å². The lowest BCUT2D eigenvalue weighted by molar-refractivity contribution is 0.470. The second-order valence-electron chi connectivity index (χ2n) is 4.14. The number of allylic oxidation sites excluding steroid dienone is 1. The maximum atomic E-state index is 9.59. The van der Waals surface area contributed by atoms with Gasteiger partial charge >= 0.3 is 0 Å². The first-order valence-electron chi connectivity index (χ1n) is 5.76. The van der Waals surface area contributed by atoms with Crippen LogP contribution in [0.1, 0.15) is 16.7 Å². The first kappa shape index (κ1) is 11.5. The van der Waals surface area contributed by atoms with Gasteiger partial charge in [-0.3, -0.25) is 0 Å². The van der Waals surface area contributed by atoms with Gasteiger partial charge in [-0.15, -0.1) is 0 Å². The van der Waals surface area contributed by atoms with E-state index in [1.54, 1.807) is 0 Å². The molecule has 86 valence electrons. The number of rotatable bonds is 3. The van der Waals surface area contributed by atoms with Gasteiger partial charge in [0.25, 0.3) is 0 Å². The van der Waals surface area contributed by atoms with Crippen LogP contribution in [0.4, 0.5) is 0 Å². The molecule has 2 aromatic carbocycles. The molecule has 0 saturated heterocycles. The van der Waals surface area contributed by atoms with Gasteiger partial charge in [0, 0.05) is 0 Å². The molecule has 17 heavy (non-hydrogen) atoms. The maximum absolute atomic E-state index is 9.59. The summed E-state index contributed by atoms with van der Waals surface area (Å²) in [5.41, 5.74) is 3.24. The molecule has 0 unspecified atom stereocenters. The molecule has 1 nitrogen and oxygen atoms in total. The van der Waals surface area contributed by atoms with E-state index in [2.05, 4.69) is 24.3 Å². The number of phenolic OH excluding ortho intramolecular Hbond substituents is 1. The molecule has 2 aromatic rings. The molecule has 0 aliphatic carbocycles. The van der Waals surface area contributed by atoms with Crippen molar-refractivity contribution in [2.75, 3.05) is 0 Å². The highest BCUT2D eigenvalue weighted by molar-refractivity contribution is 5.49. The molecule has 0 spiro atoms. The Balaban J connectivity index is 2.03. The summed E-state index contributed by atoms with van der Waals surface area (Å²) in [6.07, 6.45) is 5.04. The maximum Gasteiger partial charge on any atom is 0.118 e.